The smallest absolute Gasteiger partial charge is 0.247 e. The van der Waals surface area contributed by atoms with Crippen LogP contribution < -0.4 is 14.8 Å². The number of benzene rings is 2. The van der Waals surface area contributed by atoms with E-state index in [4.69, 9.17) is 13.9 Å². The number of rotatable bonds is 13. The molecule has 0 saturated heterocycles. The number of fused-ring (bicyclic) bond motifs is 1. The fourth-order valence-corrected chi connectivity index (χ4v) is 4.33. The Morgan fingerprint density at radius 2 is 1.92 bits per heavy atom. The lowest BCUT2D eigenvalue weighted by Crippen LogP contribution is -2.45. The summed E-state index contributed by atoms with van der Waals surface area (Å²) in [4.78, 5) is 29.3. The summed E-state index contributed by atoms with van der Waals surface area (Å²) in [5.41, 5.74) is 1.99. The van der Waals surface area contributed by atoms with Crippen molar-refractivity contribution in [1.29, 1.82) is 0 Å². The highest BCUT2D eigenvalue weighted by Crippen LogP contribution is 2.33. The van der Waals surface area contributed by atoms with Gasteiger partial charge in [-0.2, -0.15) is 0 Å². The molecule has 10 nitrogen and oxygen atoms in total. The van der Waals surface area contributed by atoms with Gasteiger partial charge in [-0.05, 0) is 61.2 Å². The van der Waals surface area contributed by atoms with Crippen LogP contribution in [0, 0.1) is 5.92 Å². The van der Waals surface area contributed by atoms with E-state index in [9.17, 15) is 9.59 Å². The van der Waals surface area contributed by atoms with E-state index < -0.39 is 6.04 Å². The van der Waals surface area contributed by atoms with Gasteiger partial charge in [0.2, 0.25) is 11.8 Å². The molecule has 2 amide bonds. The van der Waals surface area contributed by atoms with Crippen molar-refractivity contribution in [1.82, 2.24) is 25.2 Å². The molecule has 0 aliphatic heterocycles. The highest BCUT2D eigenvalue weighted by molar-refractivity contribution is 5.89. The average Bonchev–Trinajstić information content (AvgIpc) is 3.59. The first-order chi connectivity index (χ1) is 18.9. The van der Waals surface area contributed by atoms with E-state index in [1.807, 2.05) is 31.2 Å². The van der Waals surface area contributed by atoms with Crippen molar-refractivity contribution in [3.05, 3.63) is 72.2 Å². The quantitative estimate of drug-likeness (QED) is 0.272. The Balaban J connectivity index is 1.74. The lowest BCUT2D eigenvalue weighted by Gasteiger charge is -2.31. The number of carbonyl (C=O) groups is 2. The van der Waals surface area contributed by atoms with Gasteiger partial charge in [0, 0.05) is 6.54 Å². The second-order valence-electron chi connectivity index (χ2n) is 9.56. The first kappa shape index (κ1) is 27.7. The Hall–Kier alpha value is -4.34. The van der Waals surface area contributed by atoms with Crippen LogP contribution in [0.2, 0.25) is 0 Å². The number of furan rings is 1. The molecule has 0 bridgehead atoms. The Bertz CT molecular complexity index is 1380. The SMILES string of the molecule is CCOc1ccc(C(C(=O)NCCC(C)C)N(Cc2ccco2)C(=O)Cn2nnc3ccccc32)cc1OC. The average molecular weight is 534 g/mol. The lowest BCUT2D eigenvalue weighted by atomic mass is 10.0. The fourth-order valence-electron chi connectivity index (χ4n) is 4.33. The summed E-state index contributed by atoms with van der Waals surface area (Å²) in [6, 6.07) is 15.3. The molecule has 2 heterocycles. The molecule has 0 aliphatic carbocycles. The molecular formula is C29H35N5O5. The predicted octanol–water partition coefficient (Wildman–Crippen LogP) is 4.36. The monoisotopic (exact) mass is 533 g/mol. The van der Waals surface area contributed by atoms with Gasteiger partial charge in [-0.3, -0.25) is 9.59 Å². The summed E-state index contributed by atoms with van der Waals surface area (Å²) in [6.07, 6.45) is 2.35. The highest BCUT2D eigenvalue weighted by atomic mass is 16.5. The number of methoxy groups -OCH3 is 1. The molecule has 0 radical (unpaired) electrons. The summed E-state index contributed by atoms with van der Waals surface area (Å²) in [7, 11) is 1.54. The minimum atomic E-state index is -0.964. The Morgan fingerprint density at radius 3 is 2.64 bits per heavy atom. The van der Waals surface area contributed by atoms with Gasteiger partial charge in [0.1, 0.15) is 23.9 Å². The number of nitrogens with zero attached hydrogens (tertiary/aromatic N) is 4. The van der Waals surface area contributed by atoms with E-state index in [1.54, 1.807) is 48.4 Å². The maximum Gasteiger partial charge on any atom is 0.247 e. The molecule has 0 aliphatic rings. The van der Waals surface area contributed by atoms with Gasteiger partial charge in [0.15, 0.2) is 11.5 Å². The molecule has 0 saturated carbocycles. The van der Waals surface area contributed by atoms with Crippen molar-refractivity contribution >= 4 is 22.8 Å². The number of aromatic nitrogens is 3. The van der Waals surface area contributed by atoms with Crippen molar-refractivity contribution in [2.75, 3.05) is 20.3 Å². The minimum absolute atomic E-state index is 0.0796. The van der Waals surface area contributed by atoms with Gasteiger partial charge in [0.05, 0.1) is 32.0 Å². The Kier molecular flexibility index (Phi) is 9.19. The van der Waals surface area contributed by atoms with Gasteiger partial charge in [0.25, 0.3) is 0 Å². The van der Waals surface area contributed by atoms with E-state index in [2.05, 4.69) is 29.5 Å². The molecule has 10 heteroatoms. The van der Waals surface area contributed by atoms with Crippen LogP contribution >= 0.6 is 0 Å². The second-order valence-corrected chi connectivity index (χ2v) is 9.56. The van der Waals surface area contributed by atoms with Crippen molar-refractivity contribution < 1.29 is 23.5 Å². The molecule has 1 atom stereocenters. The molecule has 1 unspecified atom stereocenters. The van der Waals surface area contributed by atoms with Crippen LogP contribution in [0.3, 0.4) is 0 Å². The van der Waals surface area contributed by atoms with Gasteiger partial charge < -0.3 is 24.1 Å². The molecule has 0 fully saturated rings. The molecule has 1 N–H and O–H groups in total. The Morgan fingerprint density at radius 1 is 1.10 bits per heavy atom. The molecule has 4 aromatic rings. The topological polar surface area (TPSA) is 112 Å². The predicted molar refractivity (Wildman–Crippen MR) is 146 cm³/mol. The summed E-state index contributed by atoms with van der Waals surface area (Å²) in [5.74, 6) is 1.37. The van der Waals surface area contributed by atoms with Crippen molar-refractivity contribution in [2.24, 2.45) is 5.92 Å². The number of nitrogens with one attached hydrogen (secondary N) is 1. The third-order valence-electron chi connectivity index (χ3n) is 6.32. The van der Waals surface area contributed by atoms with Crippen LogP contribution in [0.5, 0.6) is 11.5 Å². The maximum absolute atomic E-state index is 14.0. The molecular weight excluding hydrogens is 498 g/mol. The van der Waals surface area contributed by atoms with Crippen LogP contribution in [-0.2, 0) is 22.7 Å². The van der Waals surface area contributed by atoms with Gasteiger partial charge >= 0.3 is 0 Å². The van der Waals surface area contributed by atoms with E-state index in [0.717, 1.165) is 11.9 Å². The van der Waals surface area contributed by atoms with Crippen molar-refractivity contribution in [3.8, 4) is 11.5 Å². The van der Waals surface area contributed by atoms with Crippen molar-refractivity contribution in [2.45, 2.75) is 46.3 Å². The summed E-state index contributed by atoms with van der Waals surface area (Å²) in [5, 5.41) is 11.4. The fraction of sp³-hybridized carbons (Fsp3) is 0.379. The minimum Gasteiger partial charge on any atom is -0.493 e. The van der Waals surface area contributed by atoms with Crippen molar-refractivity contribution in [3.63, 3.8) is 0 Å². The van der Waals surface area contributed by atoms with Crippen LogP contribution in [-0.4, -0.2) is 52.0 Å². The molecule has 2 aromatic heterocycles. The third-order valence-corrected chi connectivity index (χ3v) is 6.32. The zero-order valence-corrected chi connectivity index (χ0v) is 22.8. The van der Waals surface area contributed by atoms with Crippen LogP contribution in [0.4, 0.5) is 0 Å². The van der Waals surface area contributed by atoms with Crippen LogP contribution in [0.15, 0.2) is 65.3 Å². The summed E-state index contributed by atoms with van der Waals surface area (Å²) < 4.78 is 18.4. The van der Waals surface area contributed by atoms with Crippen LogP contribution in [0.25, 0.3) is 11.0 Å². The van der Waals surface area contributed by atoms with Gasteiger partial charge in [-0.25, -0.2) is 4.68 Å². The highest BCUT2D eigenvalue weighted by Gasteiger charge is 2.33. The van der Waals surface area contributed by atoms with Crippen LogP contribution in [0.1, 0.15) is 44.6 Å². The number of hydrogen-bond acceptors (Lipinski definition) is 7. The molecule has 2 aromatic carbocycles. The number of hydrogen-bond donors (Lipinski definition) is 1. The molecule has 206 valence electrons. The second kappa shape index (κ2) is 12.9. The number of carbonyl (C=O) groups excluding carboxylic acids is 2. The lowest BCUT2D eigenvalue weighted by molar-refractivity contribution is -0.142. The molecule has 0 spiro atoms. The maximum atomic E-state index is 14.0. The van der Waals surface area contributed by atoms with E-state index in [1.165, 1.54) is 4.90 Å². The number of para-hydroxylation sites is 1. The first-order valence-electron chi connectivity index (χ1n) is 13.1. The van der Waals surface area contributed by atoms with Gasteiger partial charge in [-0.1, -0.05) is 37.3 Å². The van der Waals surface area contributed by atoms with E-state index in [-0.39, 0.29) is 24.9 Å². The van der Waals surface area contributed by atoms with E-state index in [0.29, 0.717) is 47.4 Å². The zero-order chi connectivity index (χ0) is 27.8. The molecule has 39 heavy (non-hydrogen) atoms. The summed E-state index contributed by atoms with van der Waals surface area (Å²) >= 11 is 0. The number of ether oxygens (including phenoxy) is 2. The third kappa shape index (κ3) is 6.76. The Labute approximate surface area is 227 Å². The standard InChI is InChI=1S/C29H35N5O5/c1-5-38-25-13-12-21(17-26(25)37-4)28(29(36)30-15-14-20(2)3)33(18-22-9-8-16-39-22)27(35)19-34-24-11-7-6-10-23(24)31-32-34/h6-13,16-17,20,28H,5,14-15,18-19H2,1-4H3,(H,30,36). The summed E-state index contributed by atoms with van der Waals surface area (Å²) in [6.45, 7) is 6.99. The van der Waals surface area contributed by atoms with E-state index >= 15 is 0 Å². The first-order valence-corrected chi connectivity index (χ1v) is 13.1. The zero-order valence-electron chi connectivity index (χ0n) is 22.8. The van der Waals surface area contributed by atoms with Gasteiger partial charge in [-0.15, -0.1) is 5.10 Å². The number of amides is 2. The molecule has 4 rings (SSSR count). The normalized spacial score (nSPS) is 11.9. The largest absolute Gasteiger partial charge is 0.493 e.